The molecule has 0 atom stereocenters. The summed E-state index contributed by atoms with van der Waals surface area (Å²) in [6.07, 6.45) is 2.14. The van der Waals surface area contributed by atoms with Gasteiger partial charge in [0.15, 0.2) is 0 Å². The van der Waals surface area contributed by atoms with Crippen molar-refractivity contribution in [2.45, 2.75) is 11.3 Å². The molecule has 29 heavy (non-hydrogen) atoms. The zero-order valence-electron chi connectivity index (χ0n) is 15.8. The highest BCUT2D eigenvalue weighted by Crippen LogP contribution is 2.33. The average molecular weight is 422 g/mol. The van der Waals surface area contributed by atoms with Crippen molar-refractivity contribution in [1.82, 2.24) is 0 Å². The van der Waals surface area contributed by atoms with E-state index in [1.54, 1.807) is 23.1 Å². The average Bonchev–Trinajstić information content (AvgIpc) is 3.23. The number of fused-ring (bicyclic) bond motifs is 1. The van der Waals surface area contributed by atoms with Gasteiger partial charge in [-0.15, -0.1) is 23.1 Å². The molecule has 0 saturated carbocycles. The van der Waals surface area contributed by atoms with E-state index in [9.17, 15) is 9.59 Å². The van der Waals surface area contributed by atoms with Gasteiger partial charge in [-0.3, -0.25) is 9.59 Å². The summed E-state index contributed by atoms with van der Waals surface area (Å²) < 4.78 is 0. The van der Waals surface area contributed by atoms with E-state index in [-0.39, 0.29) is 24.8 Å². The minimum absolute atomic E-state index is 0.0629. The quantitative estimate of drug-likeness (QED) is 0.592. The molecule has 2 heterocycles. The van der Waals surface area contributed by atoms with Crippen LogP contribution < -0.4 is 10.2 Å². The number of rotatable bonds is 5. The lowest BCUT2D eigenvalue weighted by atomic mass is 10.2. The van der Waals surface area contributed by atoms with Crippen molar-refractivity contribution in [2.75, 3.05) is 23.0 Å². The maximum atomic E-state index is 13.0. The molecule has 5 nitrogen and oxygen atoms in total. The Kier molecular flexibility index (Phi) is 5.78. The molecule has 3 aromatic rings. The SMILES string of the molecule is CSc1cccc(NC(=O)CN2C(=O)CC(c3cccs3)=Nc3ccccc32)c1. The van der Waals surface area contributed by atoms with Gasteiger partial charge in [-0.05, 0) is 48.0 Å². The zero-order chi connectivity index (χ0) is 20.2. The Bertz CT molecular complexity index is 1080. The fourth-order valence-electron chi connectivity index (χ4n) is 3.15. The maximum Gasteiger partial charge on any atom is 0.244 e. The minimum Gasteiger partial charge on any atom is -0.324 e. The van der Waals surface area contributed by atoms with Gasteiger partial charge in [0.05, 0.1) is 23.5 Å². The molecule has 0 spiro atoms. The van der Waals surface area contributed by atoms with E-state index in [0.717, 1.165) is 15.5 Å². The Labute approximate surface area is 177 Å². The highest BCUT2D eigenvalue weighted by molar-refractivity contribution is 7.98. The van der Waals surface area contributed by atoms with Crippen LogP contribution in [0.15, 0.2) is 75.9 Å². The van der Waals surface area contributed by atoms with Crippen LogP contribution in [-0.4, -0.2) is 30.3 Å². The molecule has 1 aliphatic heterocycles. The first-order valence-electron chi connectivity index (χ1n) is 9.09. The predicted octanol–water partition coefficient (Wildman–Crippen LogP) is 4.97. The number of para-hydroxylation sites is 2. The van der Waals surface area contributed by atoms with Gasteiger partial charge >= 0.3 is 0 Å². The van der Waals surface area contributed by atoms with E-state index >= 15 is 0 Å². The molecule has 146 valence electrons. The summed E-state index contributed by atoms with van der Waals surface area (Å²) in [7, 11) is 0. The summed E-state index contributed by atoms with van der Waals surface area (Å²) >= 11 is 3.16. The number of hydrogen-bond acceptors (Lipinski definition) is 5. The smallest absolute Gasteiger partial charge is 0.244 e. The van der Waals surface area contributed by atoms with Gasteiger partial charge in [0.1, 0.15) is 6.54 Å². The highest BCUT2D eigenvalue weighted by atomic mass is 32.2. The topological polar surface area (TPSA) is 61.8 Å². The molecule has 0 unspecified atom stereocenters. The predicted molar refractivity (Wildman–Crippen MR) is 121 cm³/mol. The van der Waals surface area contributed by atoms with Crippen LogP contribution in [-0.2, 0) is 9.59 Å². The van der Waals surface area contributed by atoms with Crippen LogP contribution in [0.3, 0.4) is 0 Å². The second kappa shape index (κ2) is 8.63. The number of carbonyl (C=O) groups excluding carboxylic acids is 2. The molecular weight excluding hydrogens is 402 g/mol. The van der Waals surface area contributed by atoms with Gasteiger partial charge in [-0.25, -0.2) is 4.99 Å². The second-order valence-corrected chi connectivity index (χ2v) is 8.29. The van der Waals surface area contributed by atoms with Gasteiger partial charge in [0, 0.05) is 15.5 Å². The molecule has 2 amide bonds. The number of aliphatic imine (C=N–C) groups is 1. The van der Waals surface area contributed by atoms with Crippen LogP contribution in [0.4, 0.5) is 17.1 Å². The number of thiophene rings is 1. The van der Waals surface area contributed by atoms with Crippen LogP contribution >= 0.6 is 23.1 Å². The van der Waals surface area contributed by atoms with Gasteiger partial charge in [-0.2, -0.15) is 0 Å². The lowest BCUT2D eigenvalue weighted by molar-refractivity contribution is -0.120. The lowest BCUT2D eigenvalue weighted by Gasteiger charge is -2.22. The Balaban J connectivity index is 1.58. The van der Waals surface area contributed by atoms with E-state index in [0.29, 0.717) is 17.1 Å². The normalized spacial score (nSPS) is 13.5. The summed E-state index contributed by atoms with van der Waals surface area (Å²) in [6, 6.07) is 19.0. The van der Waals surface area contributed by atoms with Crippen molar-refractivity contribution in [2.24, 2.45) is 4.99 Å². The van der Waals surface area contributed by atoms with E-state index < -0.39 is 0 Å². The highest BCUT2D eigenvalue weighted by Gasteiger charge is 2.26. The standard InChI is InChI=1S/C22H19N3O2S2/c1-28-16-7-4-6-15(12-16)23-21(26)14-25-19-9-3-2-8-17(19)24-18(13-22(25)27)20-10-5-11-29-20/h2-12H,13-14H2,1H3,(H,23,26). The van der Waals surface area contributed by atoms with Crippen LogP contribution in [0, 0.1) is 0 Å². The summed E-state index contributed by atoms with van der Waals surface area (Å²) in [5, 5.41) is 4.86. The van der Waals surface area contributed by atoms with Crippen molar-refractivity contribution < 1.29 is 9.59 Å². The first-order chi connectivity index (χ1) is 14.1. The number of anilines is 2. The van der Waals surface area contributed by atoms with Gasteiger partial charge < -0.3 is 10.2 Å². The van der Waals surface area contributed by atoms with Crippen molar-refractivity contribution in [1.29, 1.82) is 0 Å². The first-order valence-corrected chi connectivity index (χ1v) is 11.2. The van der Waals surface area contributed by atoms with Crippen molar-refractivity contribution in [3.8, 4) is 0 Å². The number of nitrogens with zero attached hydrogens (tertiary/aromatic N) is 2. The van der Waals surface area contributed by atoms with Gasteiger partial charge in [0.2, 0.25) is 11.8 Å². The number of amides is 2. The molecule has 1 N–H and O–H groups in total. The maximum absolute atomic E-state index is 13.0. The number of thioether (sulfide) groups is 1. The fourth-order valence-corrected chi connectivity index (χ4v) is 4.32. The van der Waals surface area contributed by atoms with Gasteiger partial charge in [0.25, 0.3) is 0 Å². The Hall–Kier alpha value is -2.90. The Morgan fingerprint density at radius 3 is 2.83 bits per heavy atom. The summed E-state index contributed by atoms with van der Waals surface area (Å²) in [5.41, 5.74) is 2.79. The van der Waals surface area contributed by atoms with Crippen molar-refractivity contribution >= 4 is 57.7 Å². The van der Waals surface area contributed by atoms with Crippen LogP contribution in [0.5, 0.6) is 0 Å². The number of carbonyl (C=O) groups is 2. The van der Waals surface area contributed by atoms with Crippen LogP contribution in [0.1, 0.15) is 11.3 Å². The van der Waals surface area contributed by atoms with Crippen molar-refractivity contribution in [3.05, 3.63) is 70.9 Å². The number of nitrogens with one attached hydrogen (secondary N) is 1. The molecule has 0 aliphatic carbocycles. The molecule has 1 aliphatic rings. The van der Waals surface area contributed by atoms with E-state index in [4.69, 9.17) is 4.99 Å². The monoisotopic (exact) mass is 421 g/mol. The fraction of sp³-hybridized carbons (Fsp3) is 0.136. The molecule has 0 radical (unpaired) electrons. The summed E-state index contributed by atoms with van der Waals surface area (Å²) in [5.74, 6) is -0.388. The van der Waals surface area contributed by atoms with Gasteiger partial charge in [-0.1, -0.05) is 24.3 Å². The van der Waals surface area contributed by atoms with E-state index in [1.165, 1.54) is 4.90 Å². The molecule has 0 saturated heterocycles. The number of hydrogen-bond donors (Lipinski definition) is 1. The largest absolute Gasteiger partial charge is 0.324 e. The third kappa shape index (κ3) is 4.41. The third-order valence-corrected chi connectivity index (χ3v) is 6.15. The molecule has 2 aromatic carbocycles. The molecule has 7 heteroatoms. The Morgan fingerprint density at radius 1 is 1.17 bits per heavy atom. The minimum atomic E-state index is -0.244. The van der Waals surface area contributed by atoms with E-state index in [1.807, 2.05) is 72.3 Å². The molecular formula is C22H19N3O2S2. The third-order valence-electron chi connectivity index (χ3n) is 4.51. The van der Waals surface area contributed by atoms with E-state index in [2.05, 4.69) is 5.32 Å². The van der Waals surface area contributed by atoms with Crippen LogP contribution in [0.25, 0.3) is 0 Å². The number of benzene rings is 2. The molecule has 0 bridgehead atoms. The second-order valence-electron chi connectivity index (χ2n) is 6.46. The Morgan fingerprint density at radius 2 is 2.03 bits per heavy atom. The lowest BCUT2D eigenvalue weighted by Crippen LogP contribution is -2.38. The zero-order valence-corrected chi connectivity index (χ0v) is 17.4. The first kappa shape index (κ1) is 19.4. The molecule has 4 rings (SSSR count). The molecule has 1 aromatic heterocycles. The van der Waals surface area contributed by atoms with Crippen LogP contribution in [0.2, 0.25) is 0 Å². The summed E-state index contributed by atoms with van der Waals surface area (Å²) in [6.45, 7) is -0.0629. The summed E-state index contributed by atoms with van der Waals surface area (Å²) in [4.78, 5) is 34.0. The van der Waals surface area contributed by atoms with Crippen molar-refractivity contribution in [3.63, 3.8) is 0 Å². The molecule has 0 fully saturated rings.